The van der Waals surface area contributed by atoms with E-state index in [9.17, 15) is 22.4 Å². The van der Waals surface area contributed by atoms with Crippen LogP contribution >= 0.6 is 0 Å². The Morgan fingerprint density at radius 1 is 1.13 bits per heavy atom. The zero-order chi connectivity index (χ0) is 21.7. The molecule has 156 valence electrons. The second-order valence-electron chi connectivity index (χ2n) is 6.62. The molecular weight excluding hydrogens is 398 g/mol. The molecule has 1 heterocycles. The van der Waals surface area contributed by atoms with Gasteiger partial charge in [-0.25, -0.2) is 9.37 Å². The third-order valence-corrected chi connectivity index (χ3v) is 4.51. The van der Waals surface area contributed by atoms with Crippen molar-refractivity contribution >= 4 is 5.91 Å². The van der Waals surface area contributed by atoms with E-state index in [0.717, 1.165) is 12.1 Å². The topological polar surface area (TPSA) is 38.1 Å². The van der Waals surface area contributed by atoms with Crippen LogP contribution in [0.2, 0.25) is 0 Å². The summed E-state index contributed by atoms with van der Waals surface area (Å²) in [5, 5.41) is 0. The number of benzene rings is 2. The quantitative estimate of drug-likeness (QED) is 0.404. The maximum atomic E-state index is 14.0. The van der Waals surface area contributed by atoms with Crippen molar-refractivity contribution < 1.29 is 22.4 Å². The molecule has 0 radical (unpaired) electrons. The smallest absolute Gasteiger partial charge is 0.329 e. The molecule has 0 N–H and O–H groups in total. The summed E-state index contributed by atoms with van der Waals surface area (Å²) in [5.74, 6) is -0.608. The van der Waals surface area contributed by atoms with Crippen LogP contribution in [-0.2, 0) is 19.3 Å². The minimum Gasteiger partial charge on any atom is -0.329 e. The highest BCUT2D eigenvalue weighted by Crippen LogP contribution is 2.29. The summed E-state index contributed by atoms with van der Waals surface area (Å²) >= 11 is 0. The lowest BCUT2D eigenvalue weighted by Crippen LogP contribution is -2.32. The number of hydrogen-bond acceptors (Lipinski definition) is 2. The number of hydrogen-bond donors (Lipinski definition) is 0. The van der Waals surface area contributed by atoms with E-state index in [1.165, 1.54) is 41.3 Å². The molecule has 0 bridgehead atoms. The summed E-state index contributed by atoms with van der Waals surface area (Å²) in [5.41, 5.74) is -0.122. The number of halogens is 4. The highest BCUT2D eigenvalue weighted by molar-refractivity contribution is 5.94. The van der Waals surface area contributed by atoms with Crippen molar-refractivity contribution in [2.45, 2.75) is 19.3 Å². The van der Waals surface area contributed by atoms with E-state index >= 15 is 0 Å². The lowest BCUT2D eigenvalue weighted by atomic mass is 10.1. The van der Waals surface area contributed by atoms with Gasteiger partial charge < -0.3 is 9.47 Å². The second-order valence-corrected chi connectivity index (χ2v) is 6.62. The van der Waals surface area contributed by atoms with E-state index in [1.807, 2.05) is 0 Å². The normalized spacial score (nSPS) is 11.3. The summed E-state index contributed by atoms with van der Waals surface area (Å²) < 4.78 is 54.0. The predicted octanol–water partition coefficient (Wildman–Crippen LogP) is 4.92. The van der Waals surface area contributed by atoms with Crippen LogP contribution in [0.1, 0.15) is 27.3 Å². The largest absolute Gasteiger partial charge is 0.416 e. The molecule has 2 aromatic carbocycles. The first kappa shape index (κ1) is 21.3. The van der Waals surface area contributed by atoms with E-state index in [-0.39, 0.29) is 25.2 Å². The summed E-state index contributed by atoms with van der Waals surface area (Å²) in [7, 11) is 0. The van der Waals surface area contributed by atoms with Gasteiger partial charge in [0.1, 0.15) is 11.6 Å². The van der Waals surface area contributed by atoms with Gasteiger partial charge in [0.05, 0.1) is 17.7 Å². The Morgan fingerprint density at radius 2 is 1.83 bits per heavy atom. The van der Waals surface area contributed by atoms with Crippen molar-refractivity contribution in [2.75, 3.05) is 6.54 Å². The van der Waals surface area contributed by atoms with Crippen LogP contribution in [0.3, 0.4) is 0 Å². The highest BCUT2D eigenvalue weighted by Gasteiger charge is 2.30. The third-order valence-electron chi connectivity index (χ3n) is 4.51. The highest BCUT2D eigenvalue weighted by atomic mass is 19.4. The van der Waals surface area contributed by atoms with E-state index in [4.69, 9.17) is 0 Å². The number of nitrogens with zero attached hydrogens (tertiary/aromatic N) is 3. The van der Waals surface area contributed by atoms with Crippen LogP contribution in [0.25, 0.3) is 0 Å². The minimum atomic E-state index is -4.39. The zero-order valence-corrected chi connectivity index (χ0v) is 15.9. The minimum absolute atomic E-state index is 0.0554. The second kappa shape index (κ2) is 8.94. The molecule has 3 rings (SSSR count). The fraction of sp³-hybridized carbons (Fsp3) is 0.182. The number of amides is 1. The molecule has 30 heavy (non-hydrogen) atoms. The van der Waals surface area contributed by atoms with Gasteiger partial charge in [0.25, 0.3) is 5.91 Å². The zero-order valence-electron chi connectivity index (χ0n) is 15.9. The Labute approximate surface area is 171 Å². The van der Waals surface area contributed by atoms with E-state index < -0.39 is 23.5 Å². The number of aromatic nitrogens is 2. The molecule has 0 aliphatic carbocycles. The Bertz CT molecular complexity index is 1030. The van der Waals surface area contributed by atoms with Gasteiger partial charge in [-0.1, -0.05) is 30.3 Å². The maximum absolute atomic E-state index is 14.0. The summed E-state index contributed by atoms with van der Waals surface area (Å²) in [6.45, 7) is 4.19. The number of alkyl halides is 3. The van der Waals surface area contributed by atoms with Crippen molar-refractivity contribution in [1.29, 1.82) is 0 Å². The molecule has 0 aliphatic heterocycles. The third kappa shape index (κ3) is 4.94. The van der Waals surface area contributed by atoms with Crippen LogP contribution < -0.4 is 0 Å². The molecule has 1 amide bonds. The molecule has 4 nitrogen and oxygen atoms in total. The molecule has 0 fully saturated rings. The van der Waals surface area contributed by atoms with Crippen LogP contribution in [0.15, 0.2) is 73.6 Å². The number of carbonyl (C=O) groups is 1. The van der Waals surface area contributed by atoms with Crippen molar-refractivity contribution in [1.82, 2.24) is 14.5 Å². The Balaban J connectivity index is 1.78. The fourth-order valence-corrected chi connectivity index (χ4v) is 2.98. The molecule has 8 heteroatoms. The summed E-state index contributed by atoms with van der Waals surface area (Å²) in [6.07, 6.45) is 0.352. The summed E-state index contributed by atoms with van der Waals surface area (Å²) in [4.78, 5) is 18.4. The van der Waals surface area contributed by atoms with E-state index in [1.54, 1.807) is 23.0 Å². The van der Waals surface area contributed by atoms with Crippen LogP contribution in [0, 0.1) is 5.82 Å². The van der Waals surface area contributed by atoms with Crippen molar-refractivity contribution in [3.8, 4) is 0 Å². The fourth-order valence-electron chi connectivity index (χ4n) is 2.98. The molecule has 3 aromatic rings. The first-order valence-electron chi connectivity index (χ1n) is 9.10. The van der Waals surface area contributed by atoms with Gasteiger partial charge in [-0.05, 0) is 29.8 Å². The van der Waals surface area contributed by atoms with Gasteiger partial charge in [-0.3, -0.25) is 4.79 Å². The monoisotopic (exact) mass is 417 g/mol. The predicted molar refractivity (Wildman–Crippen MR) is 104 cm³/mol. The molecule has 0 spiro atoms. The average molecular weight is 417 g/mol. The molecule has 0 aliphatic rings. The lowest BCUT2D eigenvalue weighted by molar-refractivity contribution is -0.137. The SMILES string of the molecule is C=CCN(Cc1nccn1Cc1ccc(C(F)(F)F)cc1)C(=O)c1ccccc1F. The maximum Gasteiger partial charge on any atom is 0.416 e. The Kier molecular flexibility index (Phi) is 6.34. The lowest BCUT2D eigenvalue weighted by Gasteiger charge is -2.22. The standard InChI is InChI=1S/C22H19F4N3O/c1-2-12-29(21(30)18-5-3-4-6-19(18)23)15-20-27-11-13-28(20)14-16-7-9-17(10-8-16)22(24,25)26/h2-11,13H,1,12,14-15H2. The van der Waals surface area contributed by atoms with Gasteiger partial charge in [-0.2, -0.15) is 13.2 Å². The molecule has 0 atom stereocenters. The van der Waals surface area contributed by atoms with Crippen molar-refractivity contribution in [2.24, 2.45) is 0 Å². The van der Waals surface area contributed by atoms with Gasteiger partial charge in [0.15, 0.2) is 0 Å². The van der Waals surface area contributed by atoms with Gasteiger partial charge >= 0.3 is 6.18 Å². The molecule has 0 saturated carbocycles. The van der Waals surface area contributed by atoms with Gasteiger partial charge in [-0.15, -0.1) is 6.58 Å². The van der Waals surface area contributed by atoms with Crippen molar-refractivity contribution in [3.05, 3.63) is 102 Å². The van der Waals surface area contributed by atoms with Crippen molar-refractivity contribution in [3.63, 3.8) is 0 Å². The average Bonchev–Trinajstić information content (AvgIpc) is 3.14. The Hall–Kier alpha value is -3.42. The number of rotatable bonds is 7. The van der Waals surface area contributed by atoms with Gasteiger partial charge in [0.2, 0.25) is 0 Å². The Morgan fingerprint density at radius 3 is 2.47 bits per heavy atom. The van der Waals surface area contributed by atoms with E-state index in [0.29, 0.717) is 11.4 Å². The molecule has 1 aromatic heterocycles. The number of imidazole rings is 1. The molecule has 0 unspecified atom stereocenters. The molecular formula is C22H19F4N3O. The first-order valence-corrected chi connectivity index (χ1v) is 9.10. The van der Waals surface area contributed by atoms with Gasteiger partial charge in [0, 0.05) is 25.5 Å². The van der Waals surface area contributed by atoms with Crippen LogP contribution in [0.5, 0.6) is 0 Å². The first-order chi connectivity index (χ1) is 14.3. The molecule has 0 saturated heterocycles. The van der Waals surface area contributed by atoms with Crippen LogP contribution in [0.4, 0.5) is 17.6 Å². The van der Waals surface area contributed by atoms with Crippen LogP contribution in [-0.4, -0.2) is 26.9 Å². The number of carbonyl (C=O) groups excluding carboxylic acids is 1. The summed E-state index contributed by atoms with van der Waals surface area (Å²) in [6, 6.07) is 10.6. The van der Waals surface area contributed by atoms with E-state index in [2.05, 4.69) is 11.6 Å².